The third-order valence-electron chi connectivity index (χ3n) is 8.30. The molecule has 0 atom stereocenters. The van der Waals surface area contributed by atoms with Gasteiger partial charge in [0.2, 0.25) is 0 Å². The van der Waals surface area contributed by atoms with E-state index in [1.54, 1.807) is 12.1 Å². The van der Waals surface area contributed by atoms with Gasteiger partial charge >= 0.3 is 0 Å². The largest absolute Gasteiger partial charge is 0.506 e. The first kappa shape index (κ1) is 26.0. The highest BCUT2D eigenvalue weighted by atomic mass is 16.3. The molecule has 0 aliphatic heterocycles. The van der Waals surface area contributed by atoms with Gasteiger partial charge in [-0.1, -0.05) is 96.8 Å². The first-order valence-electron chi connectivity index (χ1n) is 14.1. The Bertz CT molecular complexity index is 2020. The van der Waals surface area contributed by atoms with Gasteiger partial charge in [0.1, 0.15) is 11.5 Å². The van der Waals surface area contributed by atoms with Crippen LogP contribution in [0.5, 0.6) is 11.5 Å². The zero-order chi connectivity index (χ0) is 29.6. The molecule has 0 saturated heterocycles. The molecule has 0 aromatic heterocycles. The van der Waals surface area contributed by atoms with E-state index in [2.05, 4.69) is 48.2 Å². The average molecular weight is 557 g/mol. The van der Waals surface area contributed by atoms with Crippen LogP contribution in [0.4, 0.5) is 11.4 Å². The lowest BCUT2D eigenvalue weighted by Crippen LogP contribution is -2.30. The summed E-state index contributed by atoms with van der Waals surface area (Å²) in [6, 6.07) is 43.6. The summed E-state index contributed by atoms with van der Waals surface area (Å²) in [5.74, 6) is 6.86. The Kier molecular flexibility index (Phi) is 6.15. The fraction of sp³-hybridized carbons (Fsp3) is 0.0256. The van der Waals surface area contributed by atoms with Crippen LogP contribution >= 0.6 is 0 Å². The molecule has 206 valence electrons. The molecule has 0 fully saturated rings. The van der Waals surface area contributed by atoms with E-state index in [4.69, 9.17) is 11.5 Å². The second-order valence-electron chi connectivity index (χ2n) is 10.8. The number of phenolic OH excluding ortho intramolecular Hbond substituents is 2. The molecule has 43 heavy (non-hydrogen) atoms. The number of hydrogen-bond acceptors (Lipinski definition) is 4. The van der Waals surface area contributed by atoms with Gasteiger partial charge in [0.25, 0.3) is 0 Å². The predicted octanol–water partition coefficient (Wildman–Crippen LogP) is 7.69. The number of nitrogen functional groups attached to an aromatic ring is 2. The quantitative estimate of drug-likeness (QED) is 0.102. The zero-order valence-electron chi connectivity index (χ0n) is 23.3. The highest BCUT2D eigenvalue weighted by Crippen LogP contribution is 2.58. The number of hydrogen-bond donors (Lipinski definition) is 4. The molecular formula is C39H28N2O2. The van der Waals surface area contributed by atoms with Crippen LogP contribution in [0.15, 0.2) is 133 Å². The second kappa shape index (κ2) is 10.2. The van der Waals surface area contributed by atoms with Crippen molar-refractivity contribution in [1.82, 2.24) is 0 Å². The van der Waals surface area contributed by atoms with Crippen molar-refractivity contribution in [2.75, 3.05) is 11.5 Å². The Morgan fingerprint density at radius 1 is 0.512 bits per heavy atom. The van der Waals surface area contributed by atoms with Crippen molar-refractivity contribution >= 4 is 11.4 Å². The van der Waals surface area contributed by atoms with Crippen LogP contribution in [-0.2, 0) is 5.41 Å². The normalized spacial score (nSPS) is 12.6. The van der Waals surface area contributed by atoms with Crippen LogP contribution in [0, 0.1) is 11.8 Å². The standard InChI is InChI=1S/C39H28N2O2/c40-34-23-29(17-20-36(34)42)39(30-18-21-37(43)35(41)24-30)33-22-28(26-10-5-2-6-11-26)16-19-31(33)32-13-7-12-27(38(32)39)15-14-25-8-3-1-4-9-25/h1-13,16-24,42-43H,40-41H2. The Morgan fingerprint density at radius 2 is 1.14 bits per heavy atom. The van der Waals surface area contributed by atoms with Crippen molar-refractivity contribution < 1.29 is 10.2 Å². The SMILES string of the molecule is Nc1cc(C2(c3ccc(O)c(N)c3)c3cc(-c4ccccc4)ccc3-c3cccc(C#Cc4ccccc4)c32)ccc1O. The van der Waals surface area contributed by atoms with E-state index in [0.717, 1.165) is 55.6 Å². The number of benzene rings is 6. The first-order chi connectivity index (χ1) is 21.0. The Hall–Kier alpha value is -5.92. The predicted molar refractivity (Wildman–Crippen MR) is 174 cm³/mol. The average Bonchev–Trinajstić information content (AvgIpc) is 3.34. The fourth-order valence-corrected chi connectivity index (χ4v) is 6.32. The third-order valence-corrected chi connectivity index (χ3v) is 8.30. The summed E-state index contributed by atoms with van der Waals surface area (Å²) in [6.45, 7) is 0. The maximum Gasteiger partial charge on any atom is 0.138 e. The number of nitrogens with two attached hydrogens (primary N) is 2. The van der Waals surface area contributed by atoms with Gasteiger partial charge in [0.15, 0.2) is 0 Å². The molecule has 4 heteroatoms. The lowest BCUT2D eigenvalue weighted by molar-refractivity contribution is 0.477. The van der Waals surface area contributed by atoms with Gasteiger partial charge in [-0.2, -0.15) is 0 Å². The molecule has 0 amide bonds. The fourth-order valence-electron chi connectivity index (χ4n) is 6.32. The topological polar surface area (TPSA) is 92.5 Å². The Morgan fingerprint density at radius 3 is 1.77 bits per heavy atom. The molecule has 0 saturated carbocycles. The van der Waals surface area contributed by atoms with Crippen molar-refractivity contribution in [3.63, 3.8) is 0 Å². The van der Waals surface area contributed by atoms with E-state index in [9.17, 15) is 10.2 Å². The number of fused-ring (bicyclic) bond motifs is 3. The summed E-state index contributed by atoms with van der Waals surface area (Å²) >= 11 is 0. The molecule has 6 aromatic carbocycles. The monoisotopic (exact) mass is 556 g/mol. The van der Waals surface area contributed by atoms with E-state index in [-0.39, 0.29) is 22.9 Å². The molecule has 0 spiro atoms. The van der Waals surface area contributed by atoms with Crippen LogP contribution < -0.4 is 11.5 Å². The van der Waals surface area contributed by atoms with Crippen molar-refractivity contribution in [3.05, 3.63) is 167 Å². The molecule has 0 unspecified atom stereocenters. The van der Waals surface area contributed by atoms with E-state index >= 15 is 0 Å². The second-order valence-corrected chi connectivity index (χ2v) is 10.8. The number of anilines is 2. The van der Waals surface area contributed by atoms with Crippen LogP contribution in [0.1, 0.15) is 33.4 Å². The van der Waals surface area contributed by atoms with Crippen molar-refractivity contribution in [3.8, 4) is 45.6 Å². The molecule has 4 nitrogen and oxygen atoms in total. The van der Waals surface area contributed by atoms with E-state index in [1.807, 2.05) is 84.9 Å². The molecule has 6 N–H and O–H groups in total. The zero-order valence-corrected chi connectivity index (χ0v) is 23.3. The highest BCUT2D eigenvalue weighted by molar-refractivity contribution is 5.91. The van der Waals surface area contributed by atoms with Crippen molar-refractivity contribution in [2.45, 2.75) is 5.41 Å². The maximum absolute atomic E-state index is 10.5. The summed E-state index contributed by atoms with van der Waals surface area (Å²) in [4.78, 5) is 0. The highest BCUT2D eigenvalue weighted by Gasteiger charge is 2.48. The molecule has 0 radical (unpaired) electrons. The minimum atomic E-state index is -0.916. The molecule has 6 aromatic rings. The Balaban J connectivity index is 1.63. The Labute approximate surface area is 250 Å². The number of phenols is 2. The molecule has 1 aliphatic carbocycles. The van der Waals surface area contributed by atoms with Gasteiger partial charge < -0.3 is 21.7 Å². The molecule has 1 aliphatic rings. The van der Waals surface area contributed by atoms with Gasteiger partial charge in [-0.15, -0.1) is 0 Å². The van der Waals surface area contributed by atoms with Crippen LogP contribution in [0.25, 0.3) is 22.3 Å². The van der Waals surface area contributed by atoms with E-state index < -0.39 is 5.41 Å². The van der Waals surface area contributed by atoms with Gasteiger partial charge in [0.05, 0.1) is 16.8 Å². The van der Waals surface area contributed by atoms with Gasteiger partial charge in [0, 0.05) is 11.1 Å². The smallest absolute Gasteiger partial charge is 0.138 e. The minimum absolute atomic E-state index is 0.0118. The molecular weight excluding hydrogens is 528 g/mol. The summed E-state index contributed by atoms with van der Waals surface area (Å²) in [7, 11) is 0. The summed E-state index contributed by atoms with van der Waals surface area (Å²) in [5, 5.41) is 20.9. The number of aromatic hydroxyl groups is 2. The summed E-state index contributed by atoms with van der Waals surface area (Å²) < 4.78 is 0. The van der Waals surface area contributed by atoms with Crippen molar-refractivity contribution in [2.24, 2.45) is 0 Å². The van der Waals surface area contributed by atoms with Gasteiger partial charge in [-0.05, 0) is 93.0 Å². The minimum Gasteiger partial charge on any atom is -0.506 e. The molecule has 0 bridgehead atoms. The lowest BCUT2D eigenvalue weighted by Gasteiger charge is -2.35. The van der Waals surface area contributed by atoms with Crippen molar-refractivity contribution in [1.29, 1.82) is 0 Å². The maximum atomic E-state index is 10.5. The van der Waals surface area contributed by atoms with E-state index in [1.165, 1.54) is 0 Å². The lowest BCUT2D eigenvalue weighted by atomic mass is 9.66. The molecule has 7 rings (SSSR count). The first-order valence-corrected chi connectivity index (χ1v) is 14.1. The summed E-state index contributed by atoms with van der Waals surface area (Å²) in [6.07, 6.45) is 0. The molecule has 0 heterocycles. The summed E-state index contributed by atoms with van der Waals surface area (Å²) in [5.41, 5.74) is 22.1. The van der Waals surface area contributed by atoms with Gasteiger partial charge in [-0.25, -0.2) is 0 Å². The third kappa shape index (κ3) is 4.18. The van der Waals surface area contributed by atoms with Crippen LogP contribution in [0.3, 0.4) is 0 Å². The number of rotatable bonds is 3. The van der Waals surface area contributed by atoms with Gasteiger partial charge in [-0.3, -0.25) is 0 Å². The van der Waals surface area contributed by atoms with E-state index in [0.29, 0.717) is 0 Å². The van der Waals surface area contributed by atoms with Crippen LogP contribution in [-0.4, -0.2) is 10.2 Å². The van der Waals surface area contributed by atoms with Crippen LogP contribution in [0.2, 0.25) is 0 Å².